The zero-order valence-corrected chi connectivity index (χ0v) is 20.7. The summed E-state index contributed by atoms with van der Waals surface area (Å²) < 4.78 is 43.7. The van der Waals surface area contributed by atoms with Crippen LogP contribution in [-0.4, -0.2) is 56.6 Å². The first-order valence-corrected chi connectivity index (χ1v) is 12.0. The number of imide groups is 1. The van der Waals surface area contributed by atoms with Crippen LogP contribution in [0.15, 0.2) is 79.3 Å². The van der Waals surface area contributed by atoms with Crippen LogP contribution in [0.3, 0.4) is 0 Å². The van der Waals surface area contributed by atoms with Crippen LogP contribution in [0.25, 0.3) is 22.3 Å². The minimum Gasteiger partial charge on any atom is -0.497 e. The SMILES string of the molecule is [2H]C([2H])([2H])Oc1cc(F)cc(N(CCN2C(=O)c3ccccc3C2=O)c2ccc3ncc(-c4cnn(C)c4)nc3c2)c1. The highest BCUT2D eigenvalue weighted by molar-refractivity contribution is 6.21. The molecule has 2 amide bonds. The van der Waals surface area contributed by atoms with E-state index in [1.807, 2.05) is 6.20 Å². The molecule has 1 aliphatic rings. The number of hydrogen-bond donors (Lipinski definition) is 0. The molecule has 0 aliphatic carbocycles. The number of aryl methyl sites for hydroxylation is 1. The second kappa shape index (κ2) is 9.64. The van der Waals surface area contributed by atoms with Gasteiger partial charge in [0.05, 0.1) is 51.4 Å². The van der Waals surface area contributed by atoms with Gasteiger partial charge in [-0.2, -0.15) is 5.10 Å². The van der Waals surface area contributed by atoms with E-state index >= 15 is 0 Å². The molecule has 5 aromatic rings. The van der Waals surface area contributed by atoms with Crippen LogP contribution in [0.5, 0.6) is 5.75 Å². The number of amides is 2. The molecule has 194 valence electrons. The second-order valence-electron chi connectivity index (χ2n) is 9.04. The number of nitrogens with zero attached hydrogens (tertiary/aromatic N) is 6. The lowest BCUT2D eigenvalue weighted by Gasteiger charge is -2.27. The summed E-state index contributed by atoms with van der Waals surface area (Å²) in [7, 11) is -0.997. The number of carbonyl (C=O) groups excluding carboxylic acids is 2. The summed E-state index contributed by atoms with van der Waals surface area (Å²) in [5, 5.41) is 4.18. The lowest BCUT2D eigenvalue weighted by atomic mass is 10.1. The quantitative estimate of drug-likeness (QED) is 0.287. The molecule has 6 rings (SSSR count). The van der Waals surface area contributed by atoms with Crippen LogP contribution in [0, 0.1) is 5.82 Å². The highest BCUT2D eigenvalue weighted by Crippen LogP contribution is 2.32. The van der Waals surface area contributed by atoms with Crippen molar-refractivity contribution in [1.29, 1.82) is 0 Å². The van der Waals surface area contributed by atoms with Crippen LogP contribution < -0.4 is 9.64 Å². The van der Waals surface area contributed by atoms with Crippen LogP contribution >= 0.6 is 0 Å². The van der Waals surface area contributed by atoms with Crippen molar-refractivity contribution in [2.75, 3.05) is 25.0 Å². The Balaban J connectivity index is 1.39. The summed E-state index contributed by atoms with van der Waals surface area (Å²) in [5.74, 6) is -1.77. The third-order valence-corrected chi connectivity index (χ3v) is 6.55. The van der Waals surface area contributed by atoms with E-state index in [9.17, 15) is 14.0 Å². The molecule has 0 atom stereocenters. The van der Waals surface area contributed by atoms with Gasteiger partial charge in [0.1, 0.15) is 11.6 Å². The highest BCUT2D eigenvalue weighted by atomic mass is 19.1. The predicted molar refractivity (Wildman–Crippen MR) is 144 cm³/mol. The standard InChI is InChI=1S/C29H23FN6O3/c1-34-17-18(15-32-34)27-16-31-25-8-7-20(14-26(25)33-27)35(21-11-19(30)12-22(13-21)39-2)9-10-36-28(37)23-5-3-4-6-24(23)29(36)38/h3-8,11-17H,9-10H2,1-2H3/i2D3. The van der Waals surface area contributed by atoms with Gasteiger partial charge in [-0.15, -0.1) is 0 Å². The third kappa shape index (κ3) is 4.46. The smallest absolute Gasteiger partial charge is 0.261 e. The van der Waals surface area contributed by atoms with Gasteiger partial charge in [-0.1, -0.05) is 12.1 Å². The van der Waals surface area contributed by atoms with Crippen LogP contribution in [0.1, 0.15) is 24.8 Å². The van der Waals surface area contributed by atoms with Crippen molar-refractivity contribution in [3.05, 3.63) is 96.2 Å². The number of ether oxygens (including phenoxy) is 1. The highest BCUT2D eigenvalue weighted by Gasteiger charge is 2.35. The first-order valence-electron chi connectivity index (χ1n) is 13.5. The minimum atomic E-state index is -2.79. The fourth-order valence-corrected chi connectivity index (χ4v) is 4.67. The Labute approximate surface area is 227 Å². The zero-order chi connectivity index (χ0) is 29.6. The molecule has 39 heavy (non-hydrogen) atoms. The predicted octanol–water partition coefficient (Wildman–Crippen LogP) is 4.61. The van der Waals surface area contributed by atoms with Gasteiger partial charge in [0, 0.05) is 55.4 Å². The molecule has 0 saturated carbocycles. The van der Waals surface area contributed by atoms with E-state index < -0.39 is 24.7 Å². The number of anilines is 2. The van der Waals surface area contributed by atoms with Crippen LogP contribution in [0.2, 0.25) is 0 Å². The van der Waals surface area contributed by atoms with E-state index in [0.717, 1.165) is 16.5 Å². The van der Waals surface area contributed by atoms with Crippen molar-refractivity contribution in [2.24, 2.45) is 7.05 Å². The monoisotopic (exact) mass is 525 g/mol. The molecule has 3 aromatic carbocycles. The molecule has 3 heterocycles. The van der Waals surface area contributed by atoms with Gasteiger partial charge >= 0.3 is 0 Å². The maximum absolute atomic E-state index is 14.8. The fourth-order valence-electron chi connectivity index (χ4n) is 4.67. The van der Waals surface area contributed by atoms with E-state index in [-0.39, 0.29) is 24.5 Å². The molecular weight excluding hydrogens is 499 g/mol. The number of methoxy groups -OCH3 is 1. The van der Waals surface area contributed by atoms with E-state index in [2.05, 4.69) is 10.1 Å². The summed E-state index contributed by atoms with van der Waals surface area (Å²) in [6.07, 6.45) is 5.13. The van der Waals surface area contributed by atoms with Crippen molar-refractivity contribution in [1.82, 2.24) is 24.6 Å². The number of benzene rings is 3. The molecule has 10 heteroatoms. The molecular formula is C29H23FN6O3. The zero-order valence-electron chi connectivity index (χ0n) is 23.7. The van der Waals surface area contributed by atoms with E-state index in [1.165, 1.54) is 12.1 Å². The number of fused-ring (bicyclic) bond motifs is 2. The summed E-state index contributed by atoms with van der Waals surface area (Å²) in [6.45, 7) is 0.0289. The second-order valence-corrected chi connectivity index (χ2v) is 9.04. The largest absolute Gasteiger partial charge is 0.497 e. The number of aromatic nitrogens is 4. The van der Waals surface area contributed by atoms with Gasteiger partial charge in [-0.25, -0.2) is 9.37 Å². The summed E-state index contributed by atoms with van der Waals surface area (Å²) in [4.78, 5) is 38.1. The number of hydrogen-bond acceptors (Lipinski definition) is 7. The molecule has 0 radical (unpaired) electrons. The summed E-state index contributed by atoms with van der Waals surface area (Å²) in [5.41, 5.74) is 3.95. The first-order chi connectivity index (χ1) is 20.1. The van der Waals surface area contributed by atoms with Gasteiger partial charge in [0.15, 0.2) is 0 Å². The Morgan fingerprint density at radius 1 is 0.974 bits per heavy atom. The molecule has 0 bridgehead atoms. The molecule has 9 nitrogen and oxygen atoms in total. The summed E-state index contributed by atoms with van der Waals surface area (Å²) >= 11 is 0. The van der Waals surface area contributed by atoms with Gasteiger partial charge < -0.3 is 9.64 Å². The van der Waals surface area contributed by atoms with Crippen molar-refractivity contribution >= 4 is 34.2 Å². The normalized spacial score (nSPS) is 14.2. The molecule has 2 aromatic heterocycles. The van der Waals surface area contributed by atoms with Gasteiger partial charge in [0.2, 0.25) is 0 Å². The Morgan fingerprint density at radius 2 is 1.77 bits per heavy atom. The molecule has 0 saturated heterocycles. The molecule has 0 fully saturated rings. The average Bonchev–Trinajstić information content (AvgIpc) is 3.48. The maximum Gasteiger partial charge on any atom is 0.261 e. The summed E-state index contributed by atoms with van der Waals surface area (Å²) in [6, 6.07) is 15.4. The van der Waals surface area contributed by atoms with Gasteiger partial charge in [0.25, 0.3) is 11.8 Å². The molecule has 0 spiro atoms. The van der Waals surface area contributed by atoms with E-state index in [4.69, 9.17) is 13.8 Å². The molecule has 1 aliphatic heterocycles. The topological polar surface area (TPSA) is 93.5 Å². The lowest BCUT2D eigenvalue weighted by molar-refractivity contribution is 0.0659. The average molecular weight is 526 g/mol. The minimum absolute atomic E-state index is 0.0300. The Kier molecular flexibility index (Phi) is 5.16. The van der Waals surface area contributed by atoms with Crippen molar-refractivity contribution in [2.45, 2.75) is 0 Å². The van der Waals surface area contributed by atoms with Crippen molar-refractivity contribution in [3.8, 4) is 17.0 Å². The Bertz CT molecular complexity index is 1820. The van der Waals surface area contributed by atoms with Gasteiger partial charge in [-0.3, -0.25) is 24.2 Å². The van der Waals surface area contributed by atoms with Crippen LogP contribution in [0.4, 0.5) is 15.8 Å². The van der Waals surface area contributed by atoms with E-state index in [1.54, 1.807) is 71.5 Å². The lowest BCUT2D eigenvalue weighted by Crippen LogP contribution is -2.37. The van der Waals surface area contributed by atoms with Crippen LogP contribution in [-0.2, 0) is 7.05 Å². The number of halogens is 1. The number of rotatable bonds is 7. The number of carbonyl (C=O) groups is 2. The maximum atomic E-state index is 14.8. The van der Waals surface area contributed by atoms with Crippen molar-refractivity contribution in [3.63, 3.8) is 0 Å². The Hall–Kier alpha value is -5.12. The van der Waals surface area contributed by atoms with E-state index in [0.29, 0.717) is 33.5 Å². The third-order valence-electron chi connectivity index (χ3n) is 6.55. The fraction of sp³-hybridized carbons (Fsp3) is 0.138. The van der Waals surface area contributed by atoms with Gasteiger partial charge in [-0.05, 0) is 36.4 Å². The Morgan fingerprint density at radius 3 is 2.49 bits per heavy atom. The first kappa shape index (κ1) is 20.9. The molecule has 0 unspecified atom stereocenters. The van der Waals surface area contributed by atoms with Crippen molar-refractivity contribution < 1.29 is 22.8 Å². The molecule has 0 N–H and O–H groups in total.